The highest BCUT2D eigenvalue weighted by Gasteiger charge is 2.29. The number of benzene rings is 2. The number of anilines is 2. The van der Waals surface area contributed by atoms with Crippen LogP contribution in [0.2, 0.25) is 0 Å². The number of ether oxygens (including phenoxy) is 1. The molecule has 1 aliphatic rings. The second kappa shape index (κ2) is 9.33. The van der Waals surface area contributed by atoms with Gasteiger partial charge in [-0.05, 0) is 30.2 Å². The maximum atomic E-state index is 13.0. The van der Waals surface area contributed by atoms with E-state index >= 15 is 0 Å². The largest absolute Gasteiger partial charge is 0.447 e. The number of amides is 3. The molecule has 1 heterocycles. The lowest BCUT2D eigenvalue weighted by molar-refractivity contribution is -0.0232. The van der Waals surface area contributed by atoms with Gasteiger partial charge in [-0.15, -0.1) is 0 Å². The van der Waals surface area contributed by atoms with E-state index in [-0.39, 0.29) is 13.0 Å². The highest BCUT2D eigenvalue weighted by molar-refractivity contribution is 5.93. The number of hydrogen-bond acceptors (Lipinski definition) is 4. The lowest BCUT2D eigenvalue weighted by Gasteiger charge is -2.24. The number of rotatable bonds is 7. The smallest absolute Gasteiger partial charge is 0.414 e. The molecule has 1 fully saturated rings. The van der Waals surface area contributed by atoms with Crippen LogP contribution in [-0.4, -0.2) is 49.0 Å². The number of carbonyl (C=O) groups excluding carboxylic acids is 2. The predicted molar refractivity (Wildman–Crippen MR) is 103 cm³/mol. The number of halogens is 2. The van der Waals surface area contributed by atoms with Crippen molar-refractivity contribution in [2.75, 3.05) is 23.4 Å². The molecule has 0 bridgehead atoms. The maximum absolute atomic E-state index is 13.0. The van der Waals surface area contributed by atoms with Crippen molar-refractivity contribution < 1.29 is 28.2 Å². The number of carbonyl (C=O) groups is 2. The summed E-state index contributed by atoms with van der Waals surface area (Å²) >= 11 is 0. The van der Waals surface area contributed by atoms with Gasteiger partial charge in [0.15, 0.2) is 0 Å². The lowest BCUT2D eigenvalue weighted by Crippen LogP contribution is -2.49. The highest BCUT2D eigenvalue weighted by atomic mass is 19.3. The van der Waals surface area contributed by atoms with E-state index in [0.29, 0.717) is 23.5 Å². The summed E-state index contributed by atoms with van der Waals surface area (Å²) in [4.78, 5) is 25.4. The Kier molecular flexibility index (Phi) is 6.61. The number of nitrogens with zero attached hydrogens (tertiary/aromatic N) is 1. The van der Waals surface area contributed by atoms with E-state index in [4.69, 9.17) is 4.74 Å². The van der Waals surface area contributed by atoms with Crippen LogP contribution in [0.3, 0.4) is 0 Å². The first-order chi connectivity index (χ1) is 13.9. The Labute approximate surface area is 166 Å². The summed E-state index contributed by atoms with van der Waals surface area (Å²) < 4.78 is 31.0. The highest BCUT2D eigenvalue weighted by Crippen LogP contribution is 2.22. The summed E-state index contributed by atoms with van der Waals surface area (Å²) in [5, 5.41) is 14.8. The van der Waals surface area contributed by atoms with Gasteiger partial charge in [-0.25, -0.2) is 18.4 Å². The van der Waals surface area contributed by atoms with E-state index in [1.165, 1.54) is 4.90 Å². The van der Waals surface area contributed by atoms with E-state index in [2.05, 4.69) is 10.6 Å². The normalized spacial score (nSPS) is 15.7. The summed E-state index contributed by atoms with van der Waals surface area (Å²) in [6.45, 7) is 0.678. The number of alkyl halides is 2. The summed E-state index contributed by atoms with van der Waals surface area (Å²) in [6.07, 6.45) is -5.46. The number of hydrogen-bond donors (Lipinski definition) is 3. The van der Waals surface area contributed by atoms with E-state index in [1.807, 2.05) is 0 Å². The van der Waals surface area contributed by atoms with Crippen LogP contribution in [0.4, 0.5) is 29.7 Å². The van der Waals surface area contributed by atoms with Gasteiger partial charge >= 0.3 is 12.1 Å². The molecular formula is C20H21F2N3O4. The van der Waals surface area contributed by atoms with E-state index in [1.54, 1.807) is 54.6 Å². The average Bonchev–Trinajstić information content (AvgIpc) is 3.13. The monoisotopic (exact) mass is 405 g/mol. The van der Waals surface area contributed by atoms with E-state index < -0.39 is 30.7 Å². The standard InChI is InChI=1S/C20H21F2N3O4/c21-18(22)17(26)16(11-13-5-2-1-3-6-13)24-19(27)23-14-7-4-8-15(12-14)25-9-10-29-20(25)28/h1-8,12,16-18,26H,9-11H2,(H2,23,24,27)/t16-,17+/m0/s1. The fourth-order valence-electron chi connectivity index (χ4n) is 3.02. The minimum atomic E-state index is -3.01. The Balaban J connectivity index is 1.67. The van der Waals surface area contributed by atoms with Gasteiger partial charge in [0, 0.05) is 11.4 Å². The zero-order valence-corrected chi connectivity index (χ0v) is 15.4. The van der Waals surface area contributed by atoms with Gasteiger partial charge in [0.1, 0.15) is 12.7 Å². The summed E-state index contributed by atoms with van der Waals surface area (Å²) in [5.74, 6) is 0. The number of aliphatic hydroxyl groups is 1. The van der Waals surface area contributed by atoms with Crippen LogP contribution in [0.15, 0.2) is 54.6 Å². The van der Waals surface area contributed by atoms with Crippen LogP contribution in [-0.2, 0) is 11.2 Å². The Morgan fingerprint density at radius 2 is 1.93 bits per heavy atom. The molecule has 154 valence electrons. The van der Waals surface area contributed by atoms with Crippen molar-refractivity contribution in [2.45, 2.75) is 25.0 Å². The van der Waals surface area contributed by atoms with Gasteiger partial charge in [-0.2, -0.15) is 0 Å². The van der Waals surface area contributed by atoms with Crippen molar-refractivity contribution in [1.29, 1.82) is 0 Å². The summed E-state index contributed by atoms with van der Waals surface area (Å²) in [6, 6.07) is 13.3. The molecule has 0 unspecified atom stereocenters. The molecular weight excluding hydrogens is 384 g/mol. The number of aliphatic hydroxyl groups excluding tert-OH is 1. The molecule has 0 aliphatic carbocycles. The zero-order valence-electron chi connectivity index (χ0n) is 15.4. The van der Waals surface area contributed by atoms with Crippen molar-refractivity contribution in [3.05, 3.63) is 60.2 Å². The van der Waals surface area contributed by atoms with Crippen molar-refractivity contribution in [1.82, 2.24) is 5.32 Å². The topological polar surface area (TPSA) is 90.9 Å². The first-order valence-corrected chi connectivity index (χ1v) is 9.06. The third-order valence-corrected chi connectivity index (χ3v) is 4.46. The molecule has 0 aromatic heterocycles. The molecule has 3 N–H and O–H groups in total. The first-order valence-electron chi connectivity index (χ1n) is 9.06. The zero-order chi connectivity index (χ0) is 20.8. The van der Waals surface area contributed by atoms with Crippen LogP contribution < -0.4 is 15.5 Å². The molecule has 0 spiro atoms. The SMILES string of the molecule is O=C(Nc1cccc(N2CCOC2=O)c1)N[C@@H](Cc1ccccc1)[C@@H](O)C(F)F. The summed E-state index contributed by atoms with van der Waals surface area (Å²) in [7, 11) is 0. The molecule has 1 saturated heterocycles. The van der Waals surface area contributed by atoms with Gasteiger partial charge in [0.25, 0.3) is 6.43 Å². The van der Waals surface area contributed by atoms with Crippen LogP contribution in [0.5, 0.6) is 0 Å². The number of nitrogens with one attached hydrogen (secondary N) is 2. The number of urea groups is 1. The van der Waals surface area contributed by atoms with Gasteiger partial charge in [-0.3, -0.25) is 4.90 Å². The van der Waals surface area contributed by atoms with Gasteiger partial charge < -0.3 is 20.5 Å². The van der Waals surface area contributed by atoms with Crippen LogP contribution in [0.1, 0.15) is 5.56 Å². The Morgan fingerprint density at radius 1 is 1.17 bits per heavy atom. The van der Waals surface area contributed by atoms with Crippen molar-refractivity contribution in [3.63, 3.8) is 0 Å². The molecule has 0 saturated carbocycles. The molecule has 9 heteroatoms. The molecule has 1 aliphatic heterocycles. The summed E-state index contributed by atoms with van der Waals surface area (Å²) in [5.41, 5.74) is 1.61. The van der Waals surface area contributed by atoms with Gasteiger partial charge in [0.05, 0.1) is 12.6 Å². The molecule has 3 amide bonds. The minimum Gasteiger partial charge on any atom is -0.447 e. The molecule has 2 aromatic rings. The molecule has 29 heavy (non-hydrogen) atoms. The van der Waals surface area contributed by atoms with E-state index in [9.17, 15) is 23.5 Å². The lowest BCUT2D eigenvalue weighted by atomic mass is 10.0. The van der Waals surface area contributed by atoms with Gasteiger partial charge in [0.2, 0.25) is 0 Å². The Bertz CT molecular complexity index is 851. The molecule has 7 nitrogen and oxygen atoms in total. The third kappa shape index (κ3) is 5.41. The predicted octanol–water partition coefficient (Wildman–Crippen LogP) is 3.00. The molecule has 2 aromatic carbocycles. The van der Waals surface area contributed by atoms with Crippen LogP contribution in [0.25, 0.3) is 0 Å². The molecule has 2 atom stereocenters. The maximum Gasteiger partial charge on any atom is 0.414 e. The second-order valence-electron chi connectivity index (χ2n) is 6.54. The van der Waals surface area contributed by atoms with Crippen LogP contribution >= 0.6 is 0 Å². The van der Waals surface area contributed by atoms with Gasteiger partial charge in [-0.1, -0.05) is 36.4 Å². The Morgan fingerprint density at radius 3 is 2.59 bits per heavy atom. The van der Waals surface area contributed by atoms with Crippen molar-refractivity contribution in [2.24, 2.45) is 0 Å². The second-order valence-corrected chi connectivity index (χ2v) is 6.54. The molecule has 0 radical (unpaired) electrons. The van der Waals surface area contributed by atoms with Crippen molar-refractivity contribution in [3.8, 4) is 0 Å². The quantitative estimate of drug-likeness (QED) is 0.661. The fraction of sp³-hybridized carbons (Fsp3) is 0.300. The fourth-order valence-corrected chi connectivity index (χ4v) is 3.02. The minimum absolute atomic E-state index is 0.0411. The van der Waals surface area contributed by atoms with Crippen LogP contribution in [0, 0.1) is 0 Å². The number of cyclic esters (lactones) is 1. The molecule has 3 rings (SSSR count). The average molecular weight is 405 g/mol. The first kappa shape index (κ1) is 20.5. The van der Waals surface area contributed by atoms with E-state index in [0.717, 1.165) is 0 Å². The third-order valence-electron chi connectivity index (χ3n) is 4.46. The van der Waals surface area contributed by atoms with Crippen molar-refractivity contribution >= 4 is 23.5 Å². The Hall–Kier alpha value is -3.20.